The van der Waals surface area contributed by atoms with E-state index < -0.39 is 5.91 Å². The zero-order chi connectivity index (χ0) is 18.1. The van der Waals surface area contributed by atoms with Crippen molar-refractivity contribution in [3.05, 3.63) is 59.7 Å². The van der Waals surface area contributed by atoms with Crippen LogP contribution in [0.1, 0.15) is 17.5 Å². The van der Waals surface area contributed by atoms with Gasteiger partial charge in [-0.1, -0.05) is 30.3 Å². The molecule has 0 unspecified atom stereocenters. The monoisotopic (exact) mass is 451 g/mol. The predicted molar refractivity (Wildman–Crippen MR) is 106 cm³/mol. The van der Waals surface area contributed by atoms with Gasteiger partial charge >= 0.3 is 0 Å². The highest BCUT2D eigenvalue weighted by Crippen LogP contribution is 2.26. The van der Waals surface area contributed by atoms with E-state index >= 15 is 0 Å². The van der Waals surface area contributed by atoms with Crippen LogP contribution >= 0.6 is 22.9 Å². The molecule has 2 amide bonds. The van der Waals surface area contributed by atoms with Crippen LogP contribution in [0.25, 0.3) is 0 Å². The maximum Gasteiger partial charge on any atom is 0.255 e. The van der Waals surface area contributed by atoms with Gasteiger partial charge in [-0.3, -0.25) is 9.59 Å². The summed E-state index contributed by atoms with van der Waals surface area (Å²) in [6.45, 7) is -0.134. The normalized spacial score (nSPS) is 12.6. The van der Waals surface area contributed by atoms with E-state index in [1.54, 1.807) is 12.1 Å². The molecule has 3 N–H and O–H groups in total. The molecule has 0 aromatic heterocycles. The molecular weight excluding hydrogens is 433 g/mol. The molecule has 130 valence electrons. The minimum absolute atomic E-state index is 0.0262. The molecule has 0 spiro atoms. The molecular formula is C18H18IN3O3. The first-order valence-corrected chi connectivity index (χ1v) is 8.58. The molecule has 0 saturated heterocycles. The van der Waals surface area contributed by atoms with Crippen LogP contribution < -0.4 is 15.8 Å². The molecule has 1 aliphatic heterocycles. The number of hydrogen-bond acceptors (Lipinski definition) is 4. The molecule has 3 rings (SSSR count). The van der Waals surface area contributed by atoms with Gasteiger partial charge in [-0.05, 0) is 35.7 Å². The van der Waals surface area contributed by atoms with Gasteiger partial charge in [0.15, 0.2) is 6.61 Å². The van der Waals surface area contributed by atoms with E-state index in [-0.39, 0.29) is 12.5 Å². The first kappa shape index (κ1) is 18.9. The zero-order valence-electron chi connectivity index (χ0n) is 13.4. The number of anilines is 1. The maximum absolute atomic E-state index is 11.1. The fourth-order valence-electron chi connectivity index (χ4n) is 2.20. The summed E-state index contributed by atoms with van der Waals surface area (Å²) in [6.07, 6.45) is 2.99. The number of primary amides is 1. The molecule has 6 nitrogen and oxygen atoms in total. The van der Waals surface area contributed by atoms with E-state index in [4.69, 9.17) is 10.5 Å². The lowest BCUT2D eigenvalue weighted by Crippen LogP contribution is -2.21. The minimum atomic E-state index is -0.508. The summed E-state index contributed by atoms with van der Waals surface area (Å²) < 4.78 is 9.02. The van der Waals surface area contributed by atoms with Crippen LogP contribution in [0.5, 0.6) is 5.75 Å². The van der Waals surface area contributed by atoms with Crippen LogP contribution in [-0.4, -0.2) is 24.6 Å². The smallest absolute Gasteiger partial charge is 0.255 e. The summed E-state index contributed by atoms with van der Waals surface area (Å²) in [5.41, 5.74) is 7.94. The highest BCUT2D eigenvalue weighted by Gasteiger charge is 2.15. The van der Waals surface area contributed by atoms with Crippen LogP contribution in [0.4, 0.5) is 5.69 Å². The Balaban J connectivity index is 0.000000212. The average molecular weight is 451 g/mol. The second-order valence-electron chi connectivity index (χ2n) is 5.26. The summed E-state index contributed by atoms with van der Waals surface area (Å²) in [5.74, 6) is 0.109. The van der Waals surface area contributed by atoms with E-state index in [2.05, 4.69) is 8.52 Å². The van der Waals surface area contributed by atoms with Gasteiger partial charge in [0.2, 0.25) is 5.91 Å². The minimum Gasteiger partial charge on any atom is -0.484 e. The van der Waals surface area contributed by atoms with E-state index in [1.807, 2.05) is 65.5 Å². The molecule has 0 atom stereocenters. The standard InChI is InChI=1S/C11H12N2O3.C7H6IN/c12-10(14)6-16-8-2-3-9-7(5-8)1-4-11(15)13-9;8-9-6-7-4-2-1-3-5-7/h2-3,5H,1,4,6H2,(H2,12,14)(H,13,15);1-6H/b;9-6+. The van der Waals surface area contributed by atoms with Gasteiger partial charge in [0.25, 0.3) is 5.91 Å². The molecule has 0 bridgehead atoms. The average Bonchev–Trinajstić information content (AvgIpc) is 2.61. The Morgan fingerprint density at radius 2 is 2.00 bits per heavy atom. The summed E-state index contributed by atoms with van der Waals surface area (Å²) in [6, 6.07) is 15.3. The molecule has 0 saturated carbocycles. The number of aryl methyl sites for hydroxylation is 1. The van der Waals surface area contributed by atoms with E-state index in [0.29, 0.717) is 18.6 Å². The molecule has 0 radical (unpaired) electrons. The van der Waals surface area contributed by atoms with Crippen molar-refractivity contribution in [2.75, 3.05) is 11.9 Å². The number of benzene rings is 2. The molecule has 2 aromatic carbocycles. The number of nitrogens with one attached hydrogen (secondary N) is 1. The lowest BCUT2D eigenvalue weighted by atomic mass is 10.0. The molecule has 1 aliphatic rings. The number of nitrogens with two attached hydrogens (primary N) is 1. The van der Waals surface area contributed by atoms with Crippen molar-refractivity contribution in [1.29, 1.82) is 0 Å². The molecule has 2 aromatic rings. The van der Waals surface area contributed by atoms with Gasteiger partial charge in [-0.25, -0.2) is 3.21 Å². The predicted octanol–water partition coefficient (Wildman–Crippen LogP) is 2.89. The Morgan fingerprint density at radius 1 is 1.24 bits per heavy atom. The van der Waals surface area contributed by atoms with Crippen molar-refractivity contribution in [2.45, 2.75) is 12.8 Å². The maximum atomic E-state index is 11.1. The Morgan fingerprint density at radius 3 is 2.68 bits per heavy atom. The highest BCUT2D eigenvalue weighted by molar-refractivity contribution is 14.1. The number of carbonyl (C=O) groups excluding carboxylic acids is 2. The fraction of sp³-hybridized carbons (Fsp3) is 0.167. The van der Waals surface area contributed by atoms with Gasteiger partial charge in [-0.2, -0.15) is 0 Å². The van der Waals surface area contributed by atoms with E-state index in [0.717, 1.165) is 16.8 Å². The Kier molecular flexibility index (Phi) is 7.39. The van der Waals surface area contributed by atoms with Crippen molar-refractivity contribution in [3.8, 4) is 5.75 Å². The number of fused-ring (bicyclic) bond motifs is 1. The lowest BCUT2D eigenvalue weighted by molar-refractivity contribution is -0.120. The number of ether oxygens (including phenoxy) is 1. The van der Waals surface area contributed by atoms with Crippen molar-refractivity contribution in [3.63, 3.8) is 0 Å². The Bertz CT molecular complexity index is 763. The van der Waals surface area contributed by atoms with Crippen LogP contribution in [0.2, 0.25) is 0 Å². The highest BCUT2D eigenvalue weighted by atomic mass is 127. The van der Waals surface area contributed by atoms with Crippen LogP contribution in [0, 0.1) is 0 Å². The molecule has 25 heavy (non-hydrogen) atoms. The fourth-order valence-corrected chi connectivity index (χ4v) is 2.52. The molecule has 0 fully saturated rings. The SMILES string of the molecule is I/N=C/c1ccccc1.NC(=O)COc1ccc2c(c1)CCC(=O)N2. The van der Waals surface area contributed by atoms with Crippen LogP contribution in [0.3, 0.4) is 0 Å². The van der Waals surface area contributed by atoms with Crippen molar-refractivity contribution >= 4 is 46.6 Å². The van der Waals surface area contributed by atoms with Crippen LogP contribution in [-0.2, 0) is 16.0 Å². The lowest BCUT2D eigenvalue weighted by Gasteiger charge is -2.17. The summed E-state index contributed by atoms with van der Waals surface area (Å²) in [5, 5.41) is 2.77. The molecule has 7 heteroatoms. The Hall–Kier alpha value is -2.42. The first-order chi connectivity index (χ1) is 12.1. The molecule has 0 aliphatic carbocycles. The van der Waals surface area contributed by atoms with Crippen molar-refractivity contribution < 1.29 is 14.3 Å². The summed E-state index contributed by atoms with van der Waals surface area (Å²) in [7, 11) is 0. The van der Waals surface area contributed by atoms with E-state index in [1.165, 1.54) is 0 Å². The number of hydrogen-bond donors (Lipinski definition) is 2. The van der Waals surface area contributed by atoms with Gasteiger partial charge in [-0.15, -0.1) is 0 Å². The van der Waals surface area contributed by atoms with Crippen molar-refractivity contribution in [2.24, 2.45) is 8.94 Å². The van der Waals surface area contributed by atoms with Gasteiger partial charge in [0.1, 0.15) is 5.75 Å². The molecule has 1 heterocycles. The van der Waals surface area contributed by atoms with Gasteiger partial charge in [0, 0.05) is 18.3 Å². The topological polar surface area (TPSA) is 93.8 Å². The number of halogens is 1. The second kappa shape index (κ2) is 9.77. The van der Waals surface area contributed by atoms with E-state index in [9.17, 15) is 9.59 Å². The van der Waals surface area contributed by atoms with Crippen molar-refractivity contribution in [1.82, 2.24) is 0 Å². The zero-order valence-corrected chi connectivity index (χ0v) is 15.6. The summed E-state index contributed by atoms with van der Waals surface area (Å²) in [4.78, 5) is 21.7. The number of nitrogens with zero attached hydrogens (tertiary/aromatic N) is 1. The van der Waals surface area contributed by atoms with Gasteiger partial charge in [0.05, 0.1) is 22.9 Å². The largest absolute Gasteiger partial charge is 0.484 e. The number of rotatable bonds is 4. The van der Waals surface area contributed by atoms with Gasteiger partial charge < -0.3 is 15.8 Å². The third-order valence-electron chi connectivity index (χ3n) is 3.35. The van der Waals surface area contributed by atoms with Crippen LogP contribution in [0.15, 0.2) is 51.7 Å². The Labute approximate surface area is 160 Å². The summed E-state index contributed by atoms with van der Waals surface area (Å²) >= 11 is 1.96. The number of amides is 2. The second-order valence-corrected chi connectivity index (χ2v) is 5.82. The number of carbonyl (C=O) groups is 2. The first-order valence-electron chi connectivity index (χ1n) is 7.62. The quantitative estimate of drug-likeness (QED) is 0.553. The third kappa shape index (κ3) is 6.54. The third-order valence-corrected chi connectivity index (χ3v) is 3.63.